The molecule has 46 heavy (non-hydrogen) atoms. The van der Waals surface area contributed by atoms with E-state index in [0.717, 1.165) is 40.9 Å². The van der Waals surface area contributed by atoms with Gasteiger partial charge in [0.2, 0.25) is 5.95 Å². The third-order valence-corrected chi connectivity index (χ3v) is 8.50. The standard InChI is InChI=1S/C37H34N8O/c1-43-19-4-7-31(25-43)27-8-11-33(12-9-27)41-37-40-23-32-22-30(10-13-34-39-18-20-44(34)2)36(46)45(35(32)42-37)24-26-5-3-6-29(21-26)28-14-16-38-17-15-28/h3,5-6,8-9,11-12,14-18,20-23,31H,4,7,19,24-25H2,1-2H3,(H,40,41,42). The quantitative estimate of drug-likeness (QED) is 0.247. The molecule has 9 heteroatoms. The third-order valence-electron chi connectivity index (χ3n) is 8.50. The number of piperidine rings is 1. The van der Waals surface area contributed by atoms with Crippen molar-refractivity contribution >= 4 is 22.7 Å². The summed E-state index contributed by atoms with van der Waals surface area (Å²) in [6.07, 6.45) is 11.2. The van der Waals surface area contributed by atoms with Crippen molar-refractivity contribution in [1.29, 1.82) is 0 Å². The minimum absolute atomic E-state index is 0.227. The summed E-state index contributed by atoms with van der Waals surface area (Å²) >= 11 is 0. The Bertz CT molecular complexity index is 2120. The molecule has 5 heterocycles. The van der Waals surface area contributed by atoms with Crippen LogP contribution in [-0.4, -0.2) is 54.1 Å². The smallest absolute Gasteiger partial charge is 0.268 e. The summed E-state index contributed by atoms with van der Waals surface area (Å²) in [6.45, 7) is 2.56. The number of hydrogen-bond acceptors (Lipinski definition) is 7. The molecule has 1 fully saturated rings. The van der Waals surface area contributed by atoms with Crippen molar-refractivity contribution in [2.45, 2.75) is 25.3 Å². The summed E-state index contributed by atoms with van der Waals surface area (Å²) in [5.41, 5.74) is 5.96. The Kier molecular flexibility index (Phi) is 8.11. The highest BCUT2D eigenvalue weighted by Gasteiger charge is 2.19. The average Bonchev–Trinajstić information content (AvgIpc) is 3.50. The molecule has 0 saturated carbocycles. The Morgan fingerprint density at radius 1 is 0.935 bits per heavy atom. The summed E-state index contributed by atoms with van der Waals surface area (Å²) in [5, 5.41) is 4.07. The van der Waals surface area contributed by atoms with E-state index in [-0.39, 0.29) is 5.56 Å². The van der Waals surface area contributed by atoms with E-state index in [0.29, 0.717) is 35.4 Å². The number of aromatic nitrogens is 6. The van der Waals surface area contributed by atoms with Crippen LogP contribution >= 0.6 is 0 Å². The summed E-state index contributed by atoms with van der Waals surface area (Å²) in [5.74, 6) is 7.64. The number of anilines is 2. The Hall–Kier alpha value is -5.59. The maximum absolute atomic E-state index is 14.0. The minimum Gasteiger partial charge on any atom is -0.327 e. The molecule has 1 N–H and O–H groups in total. The maximum atomic E-state index is 14.0. The van der Waals surface area contributed by atoms with Crippen molar-refractivity contribution in [2.75, 3.05) is 25.5 Å². The molecule has 1 aliphatic rings. The maximum Gasteiger partial charge on any atom is 0.268 e. The van der Waals surface area contributed by atoms with Gasteiger partial charge in [0, 0.05) is 55.7 Å². The number of fused-ring (bicyclic) bond motifs is 1. The van der Waals surface area contributed by atoms with Crippen molar-refractivity contribution < 1.29 is 0 Å². The third kappa shape index (κ3) is 6.29. The lowest BCUT2D eigenvalue weighted by Crippen LogP contribution is -2.30. The number of likely N-dealkylation sites (N-methyl/N-ethyl adjacent to an activating group) is 1. The number of imidazole rings is 1. The molecule has 4 aromatic heterocycles. The lowest BCUT2D eigenvalue weighted by Gasteiger charge is -2.30. The van der Waals surface area contributed by atoms with Crippen molar-refractivity contribution in [2.24, 2.45) is 7.05 Å². The normalized spacial score (nSPS) is 15.0. The Morgan fingerprint density at radius 2 is 1.78 bits per heavy atom. The molecule has 9 nitrogen and oxygen atoms in total. The number of benzene rings is 2. The van der Waals surface area contributed by atoms with E-state index in [1.54, 1.807) is 35.4 Å². The van der Waals surface area contributed by atoms with Crippen molar-refractivity contribution in [3.05, 3.63) is 131 Å². The van der Waals surface area contributed by atoms with Crippen LogP contribution in [-0.2, 0) is 13.6 Å². The van der Waals surface area contributed by atoms with Crippen LogP contribution in [0.5, 0.6) is 0 Å². The zero-order valence-electron chi connectivity index (χ0n) is 25.9. The van der Waals surface area contributed by atoms with Crippen LogP contribution in [0.25, 0.3) is 22.2 Å². The zero-order valence-corrected chi connectivity index (χ0v) is 25.9. The number of hydrogen-bond donors (Lipinski definition) is 1. The van der Waals surface area contributed by atoms with Gasteiger partial charge in [0.25, 0.3) is 5.56 Å². The Balaban J connectivity index is 1.24. The van der Waals surface area contributed by atoms with Gasteiger partial charge in [-0.1, -0.05) is 36.3 Å². The van der Waals surface area contributed by atoms with Gasteiger partial charge in [0.05, 0.1) is 12.1 Å². The Morgan fingerprint density at radius 3 is 2.57 bits per heavy atom. The van der Waals surface area contributed by atoms with E-state index < -0.39 is 0 Å². The summed E-state index contributed by atoms with van der Waals surface area (Å²) in [6, 6.07) is 22.4. The number of likely N-dealkylation sites (tertiary alicyclic amines) is 1. The molecule has 6 aromatic rings. The second-order valence-corrected chi connectivity index (χ2v) is 11.8. The van der Waals surface area contributed by atoms with Gasteiger partial charge in [-0.2, -0.15) is 4.98 Å². The van der Waals surface area contributed by atoms with Crippen LogP contribution in [0.15, 0.2) is 103 Å². The van der Waals surface area contributed by atoms with Crippen LogP contribution < -0.4 is 10.9 Å². The molecular formula is C37H34N8O. The first-order valence-corrected chi connectivity index (χ1v) is 15.4. The van der Waals surface area contributed by atoms with E-state index >= 15 is 0 Å². The van der Waals surface area contributed by atoms with Crippen molar-refractivity contribution in [1.82, 2.24) is 34.0 Å². The number of nitrogens with zero attached hydrogens (tertiary/aromatic N) is 7. The van der Waals surface area contributed by atoms with E-state index in [4.69, 9.17) is 4.98 Å². The fourth-order valence-electron chi connectivity index (χ4n) is 6.05. The van der Waals surface area contributed by atoms with Crippen LogP contribution in [0, 0.1) is 11.8 Å². The SMILES string of the molecule is CN1CCCC(c2ccc(Nc3ncc4cc(C#Cc5nccn5C)c(=O)n(Cc5cccc(-c6ccncc6)c5)c4n3)cc2)C1. The molecule has 7 rings (SSSR count). The van der Waals surface area contributed by atoms with Gasteiger partial charge in [-0.3, -0.25) is 14.3 Å². The van der Waals surface area contributed by atoms with Gasteiger partial charge < -0.3 is 14.8 Å². The Labute approximate surface area is 267 Å². The molecule has 1 aliphatic heterocycles. The van der Waals surface area contributed by atoms with Crippen LogP contribution in [0.2, 0.25) is 0 Å². The minimum atomic E-state index is -0.227. The summed E-state index contributed by atoms with van der Waals surface area (Å²) < 4.78 is 3.50. The molecule has 0 bridgehead atoms. The van der Waals surface area contributed by atoms with Crippen LogP contribution in [0.3, 0.4) is 0 Å². The second kappa shape index (κ2) is 12.8. The first-order valence-electron chi connectivity index (χ1n) is 15.4. The first kappa shape index (κ1) is 29.1. The molecule has 0 radical (unpaired) electrons. The van der Waals surface area contributed by atoms with E-state index in [9.17, 15) is 4.79 Å². The molecular weight excluding hydrogens is 572 g/mol. The van der Waals surface area contributed by atoms with Gasteiger partial charge >= 0.3 is 0 Å². The van der Waals surface area contributed by atoms with E-state index in [1.165, 1.54) is 18.4 Å². The summed E-state index contributed by atoms with van der Waals surface area (Å²) in [7, 11) is 4.06. The predicted molar refractivity (Wildman–Crippen MR) is 181 cm³/mol. The summed E-state index contributed by atoms with van der Waals surface area (Å²) in [4.78, 5) is 34.3. The molecule has 1 saturated heterocycles. The molecule has 0 aliphatic carbocycles. The van der Waals surface area contributed by atoms with E-state index in [2.05, 4.69) is 80.5 Å². The number of rotatable bonds is 6. The highest BCUT2D eigenvalue weighted by atomic mass is 16.1. The topological polar surface area (TPSA) is 93.8 Å². The van der Waals surface area contributed by atoms with Gasteiger partial charge in [0.1, 0.15) is 5.65 Å². The number of aryl methyl sites for hydroxylation is 1. The zero-order chi connectivity index (χ0) is 31.5. The largest absolute Gasteiger partial charge is 0.327 e. The number of nitrogens with one attached hydrogen (secondary N) is 1. The van der Waals surface area contributed by atoms with Gasteiger partial charge in [-0.05, 0) is 96.9 Å². The molecule has 1 unspecified atom stereocenters. The van der Waals surface area contributed by atoms with Crippen LogP contribution in [0.4, 0.5) is 11.6 Å². The average molecular weight is 607 g/mol. The number of pyridine rings is 2. The molecule has 0 amide bonds. The molecule has 228 valence electrons. The lowest BCUT2D eigenvalue weighted by molar-refractivity contribution is 0.251. The second-order valence-electron chi connectivity index (χ2n) is 11.8. The first-order chi connectivity index (χ1) is 22.5. The van der Waals surface area contributed by atoms with Crippen molar-refractivity contribution in [3.8, 4) is 23.0 Å². The van der Waals surface area contributed by atoms with Gasteiger partial charge in [0.15, 0.2) is 5.82 Å². The molecule has 1 atom stereocenters. The monoisotopic (exact) mass is 606 g/mol. The van der Waals surface area contributed by atoms with Gasteiger partial charge in [-0.25, -0.2) is 9.97 Å². The highest BCUT2D eigenvalue weighted by molar-refractivity contribution is 5.78. The lowest BCUT2D eigenvalue weighted by atomic mass is 9.91. The highest BCUT2D eigenvalue weighted by Crippen LogP contribution is 2.28. The van der Waals surface area contributed by atoms with E-state index in [1.807, 2.05) is 42.1 Å². The van der Waals surface area contributed by atoms with Crippen LogP contribution in [0.1, 0.15) is 41.3 Å². The van der Waals surface area contributed by atoms with Crippen molar-refractivity contribution in [3.63, 3.8) is 0 Å². The molecule has 2 aromatic carbocycles. The fraction of sp³-hybridized carbons (Fsp3) is 0.216. The fourth-order valence-corrected chi connectivity index (χ4v) is 6.05. The molecule has 0 spiro atoms. The predicted octanol–water partition coefficient (Wildman–Crippen LogP) is 5.59. The van der Waals surface area contributed by atoms with Gasteiger partial charge in [-0.15, -0.1) is 0 Å².